The second kappa shape index (κ2) is 7.01. The van der Waals surface area contributed by atoms with Crippen molar-refractivity contribution in [1.29, 1.82) is 0 Å². The van der Waals surface area contributed by atoms with Crippen molar-refractivity contribution in [3.8, 4) is 5.69 Å². The van der Waals surface area contributed by atoms with Crippen molar-refractivity contribution in [2.24, 2.45) is 0 Å². The van der Waals surface area contributed by atoms with E-state index < -0.39 is 6.10 Å². The summed E-state index contributed by atoms with van der Waals surface area (Å²) >= 11 is 0. The first-order valence-electron chi connectivity index (χ1n) is 8.89. The van der Waals surface area contributed by atoms with E-state index >= 15 is 0 Å². The summed E-state index contributed by atoms with van der Waals surface area (Å²) in [5, 5.41) is 18.8. The molecule has 1 atom stereocenters. The maximum atomic E-state index is 13.8. The van der Waals surface area contributed by atoms with Crippen LogP contribution >= 0.6 is 0 Å². The van der Waals surface area contributed by atoms with E-state index in [-0.39, 0.29) is 5.82 Å². The predicted octanol–water partition coefficient (Wildman–Crippen LogP) is 2.67. The topological polar surface area (TPSA) is 59.1 Å². The zero-order valence-electron chi connectivity index (χ0n) is 14.7. The lowest BCUT2D eigenvalue weighted by molar-refractivity contribution is 0.166. The maximum Gasteiger partial charge on any atom is 0.123 e. The number of hydrogen-bond acceptors (Lipinski definition) is 4. The fourth-order valence-corrected chi connectivity index (χ4v) is 3.41. The van der Waals surface area contributed by atoms with Crippen molar-refractivity contribution in [2.75, 3.05) is 6.54 Å². The monoisotopic (exact) mass is 355 g/mol. The molecule has 0 spiro atoms. The van der Waals surface area contributed by atoms with Crippen LogP contribution in [0, 0.1) is 5.82 Å². The van der Waals surface area contributed by atoms with Gasteiger partial charge in [0.15, 0.2) is 0 Å². The first-order valence-corrected chi connectivity index (χ1v) is 8.89. The molecule has 0 bridgehead atoms. The molecule has 1 aliphatic rings. The second-order valence-corrected chi connectivity index (χ2v) is 6.64. The van der Waals surface area contributed by atoms with E-state index in [1.807, 2.05) is 29.9 Å². The van der Waals surface area contributed by atoms with Crippen LogP contribution in [0.5, 0.6) is 0 Å². The van der Waals surface area contributed by atoms with Crippen LogP contribution in [0.2, 0.25) is 0 Å². The van der Waals surface area contributed by atoms with Gasteiger partial charge in [-0.15, -0.1) is 0 Å². The predicted molar refractivity (Wildman–Crippen MR) is 95.1 cm³/mol. The Hall–Kier alpha value is -2.51. The zero-order valence-corrected chi connectivity index (χ0v) is 14.7. The van der Waals surface area contributed by atoms with E-state index in [0.29, 0.717) is 13.0 Å². The standard InChI is InChI=1S/C19H22FN5O/c1-2-19(26)17-11-16-13-23(8-9-24(16)22-17)12-14-10-15(20)4-5-18(14)25-7-3-6-21-25/h3-7,10-11,19,26H,2,8-9,12-13H2,1H3/t19-/m1/s1. The second-order valence-electron chi connectivity index (χ2n) is 6.64. The normalized spacial score (nSPS) is 15.8. The molecule has 1 aliphatic heterocycles. The van der Waals surface area contributed by atoms with Crippen molar-refractivity contribution in [3.05, 3.63) is 65.5 Å². The molecule has 0 radical (unpaired) electrons. The van der Waals surface area contributed by atoms with Crippen molar-refractivity contribution >= 4 is 0 Å². The Bertz CT molecular complexity index is 889. The molecule has 0 aliphatic carbocycles. The first kappa shape index (κ1) is 16.9. The Kier molecular flexibility index (Phi) is 4.57. The minimum absolute atomic E-state index is 0.244. The molecule has 0 unspecified atom stereocenters. The van der Waals surface area contributed by atoms with E-state index in [2.05, 4.69) is 15.1 Å². The van der Waals surface area contributed by atoms with Gasteiger partial charge in [0.25, 0.3) is 0 Å². The molecule has 0 saturated heterocycles. The van der Waals surface area contributed by atoms with Crippen molar-refractivity contribution in [2.45, 2.75) is 39.1 Å². The molecule has 26 heavy (non-hydrogen) atoms. The van der Waals surface area contributed by atoms with E-state index in [4.69, 9.17) is 0 Å². The van der Waals surface area contributed by atoms with Crippen LogP contribution in [-0.4, -0.2) is 36.1 Å². The van der Waals surface area contributed by atoms with Gasteiger partial charge in [0, 0.05) is 32.0 Å². The summed E-state index contributed by atoms with van der Waals surface area (Å²) in [6, 6.07) is 8.63. The highest BCUT2D eigenvalue weighted by molar-refractivity contribution is 5.40. The molecular formula is C19H22FN5O. The highest BCUT2D eigenvalue weighted by atomic mass is 19.1. The molecule has 1 N–H and O–H groups in total. The number of benzene rings is 1. The molecule has 0 fully saturated rings. The number of rotatable bonds is 5. The summed E-state index contributed by atoms with van der Waals surface area (Å²) in [6.45, 7) is 4.88. The smallest absolute Gasteiger partial charge is 0.123 e. The third-order valence-electron chi connectivity index (χ3n) is 4.81. The van der Waals surface area contributed by atoms with Crippen LogP contribution in [0.4, 0.5) is 4.39 Å². The Balaban J connectivity index is 1.56. The fraction of sp³-hybridized carbons (Fsp3) is 0.368. The molecule has 3 aromatic rings. The Morgan fingerprint density at radius 3 is 2.92 bits per heavy atom. The lowest BCUT2D eigenvalue weighted by Crippen LogP contribution is -2.33. The van der Waals surface area contributed by atoms with Gasteiger partial charge in [-0.1, -0.05) is 6.92 Å². The Morgan fingerprint density at radius 2 is 2.15 bits per heavy atom. The first-order chi connectivity index (χ1) is 12.6. The summed E-state index contributed by atoms with van der Waals surface area (Å²) in [6.07, 6.45) is 3.71. The lowest BCUT2D eigenvalue weighted by Gasteiger charge is -2.28. The molecule has 136 valence electrons. The summed E-state index contributed by atoms with van der Waals surface area (Å²) in [7, 11) is 0. The molecule has 6 nitrogen and oxygen atoms in total. The van der Waals surface area contributed by atoms with Crippen LogP contribution in [0.15, 0.2) is 42.7 Å². The maximum absolute atomic E-state index is 13.8. The van der Waals surface area contributed by atoms with E-state index in [1.165, 1.54) is 6.07 Å². The van der Waals surface area contributed by atoms with E-state index in [0.717, 1.165) is 42.3 Å². The zero-order chi connectivity index (χ0) is 18.1. The van der Waals surface area contributed by atoms with Gasteiger partial charge < -0.3 is 5.11 Å². The van der Waals surface area contributed by atoms with E-state index in [1.54, 1.807) is 23.0 Å². The molecule has 0 saturated carbocycles. The average Bonchev–Trinajstić information content (AvgIpc) is 3.30. The Morgan fingerprint density at radius 1 is 1.27 bits per heavy atom. The van der Waals surface area contributed by atoms with Crippen molar-refractivity contribution < 1.29 is 9.50 Å². The van der Waals surface area contributed by atoms with Crippen molar-refractivity contribution in [1.82, 2.24) is 24.5 Å². The molecule has 2 aromatic heterocycles. The highest BCUT2D eigenvalue weighted by Crippen LogP contribution is 2.23. The third kappa shape index (κ3) is 3.27. The van der Waals surface area contributed by atoms with E-state index in [9.17, 15) is 9.50 Å². The molecule has 7 heteroatoms. The summed E-state index contributed by atoms with van der Waals surface area (Å²) in [5.74, 6) is -0.244. The van der Waals surface area contributed by atoms with Crippen LogP contribution in [0.3, 0.4) is 0 Å². The van der Waals surface area contributed by atoms with Gasteiger partial charge in [0.05, 0.1) is 29.7 Å². The van der Waals surface area contributed by atoms with Gasteiger partial charge in [-0.2, -0.15) is 10.2 Å². The van der Waals surface area contributed by atoms with Gasteiger partial charge in [-0.05, 0) is 42.3 Å². The van der Waals surface area contributed by atoms with Crippen LogP contribution in [0.1, 0.15) is 36.4 Å². The SMILES string of the molecule is CC[C@@H](O)c1cc2n(n1)CCN(Cc1cc(F)ccc1-n1cccn1)C2. The summed E-state index contributed by atoms with van der Waals surface area (Å²) < 4.78 is 17.5. The van der Waals surface area contributed by atoms with Gasteiger partial charge in [0.2, 0.25) is 0 Å². The number of aromatic nitrogens is 4. The highest BCUT2D eigenvalue weighted by Gasteiger charge is 2.21. The fourth-order valence-electron chi connectivity index (χ4n) is 3.41. The van der Waals surface area contributed by atoms with Crippen LogP contribution in [-0.2, 0) is 19.6 Å². The quantitative estimate of drug-likeness (QED) is 0.764. The average molecular weight is 355 g/mol. The van der Waals surface area contributed by atoms with Crippen LogP contribution < -0.4 is 0 Å². The number of aliphatic hydroxyl groups is 1. The minimum atomic E-state index is -0.517. The number of fused-ring (bicyclic) bond motifs is 1. The largest absolute Gasteiger partial charge is 0.387 e. The van der Waals surface area contributed by atoms with Gasteiger partial charge >= 0.3 is 0 Å². The summed E-state index contributed by atoms with van der Waals surface area (Å²) in [5.41, 5.74) is 3.59. The third-order valence-corrected chi connectivity index (χ3v) is 4.81. The molecule has 1 aromatic carbocycles. The Labute approximate surface area is 151 Å². The number of hydrogen-bond donors (Lipinski definition) is 1. The molecular weight excluding hydrogens is 333 g/mol. The number of halogens is 1. The van der Waals surface area contributed by atoms with Crippen LogP contribution in [0.25, 0.3) is 5.69 Å². The van der Waals surface area contributed by atoms with Gasteiger partial charge in [-0.3, -0.25) is 9.58 Å². The molecule has 0 amide bonds. The molecule has 3 heterocycles. The number of nitrogens with zero attached hydrogens (tertiary/aromatic N) is 5. The lowest BCUT2D eigenvalue weighted by atomic mass is 10.1. The minimum Gasteiger partial charge on any atom is -0.387 e. The number of aliphatic hydroxyl groups excluding tert-OH is 1. The van der Waals surface area contributed by atoms with Gasteiger partial charge in [-0.25, -0.2) is 9.07 Å². The van der Waals surface area contributed by atoms with Crippen molar-refractivity contribution in [3.63, 3.8) is 0 Å². The van der Waals surface area contributed by atoms with Gasteiger partial charge in [0.1, 0.15) is 5.82 Å². The summed E-state index contributed by atoms with van der Waals surface area (Å²) in [4.78, 5) is 2.26. The molecule has 4 rings (SSSR count).